The van der Waals surface area contributed by atoms with Crippen molar-refractivity contribution in [1.82, 2.24) is 4.90 Å². The lowest BCUT2D eigenvalue weighted by molar-refractivity contribution is -0.144. The van der Waals surface area contributed by atoms with Crippen molar-refractivity contribution in [2.24, 2.45) is 11.3 Å². The maximum Gasteiger partial charge on any atom is 0.306 e. The predicted octanol–water partition coefficient (Wildman–Crippen LogP) is 1.97. The Morgan fingerprint density at radius 3 is 2.20 bits per heavy atom. The summed E-state index contributed by atoms with van der Waals surface area (Å²) in [6.07, 6.45) is 6.63. The van der Waals surface area contributed by atoms with E-state index in [1.165, 1.54) is 12.8 Å². The second-order valence-electron chi connectivity index (χ2n) is 5.64. The molecule has 0 aromatic rings. The Hall–Kier alpha value is -0.570. The summed E-state index contributed by atoms with van der Waals surface area (Å²) in [5.41, 5.74) is 0.515. The predicted molar refractivity (Wildman–Crippen MR) is 58.7 cm³/mol. The summed E-state index contributed by atoms with van der Waals surface area (Å²) < 4.78 is 0. The average Bonchev–Trinajstić information content (AvgIpc) is 2.13. The molecular weight excluding hydrogens is 190 g/mol. The van der Waals surface area contributed by atoms with Crippen molar-refractivity contribution in [2.45, 2.75) is 44.6 Å². The fourth-order valence-corrected chi connectivity index (χ4v) is 3.19. The Kier molecular flexibility index (Phi) is 2.75. The van der Waals surface area contributed by atoms with Crippen LogP contribution >= 0.6 is 0 Å². The topological polar surface area (TPSA) is 40.5 Å². The highest BCUT2D eigenvalue weighted by atomic mass is 16.4. The standard InChI is InChI=1S/C12H21NO2/c1-13(2)10-7-12(8-10)5-3-9(4-6-12)11(14)15/h9-10H,3-8H2,1-2H3,(H,14,15). The first-order valence-corrected chi connectivity index (χ1v) is 5.92. The third-order valence-electron chi connectivity index (χ3n) is 4.46. The molecule has 1 spiro atoms. The van der Waals surface area contributed by atoms with Crippen LogP contribution in [0.2, 0.25) is 0 Å². The van der Waals surface area contributed by atoms with Gasteiger partial charge in [-0.1, -0.05) is 0 Å². The Labute approximate surface area is 91.5 Å². The molecule has 1 N–H and O–H groups in total. The second-order valence-corrected chi connectivity index (χ2v) is 5.64. The molecule has 0 radical (unpaired) electrons. The van der Waals surface area contributed by atoms with Gasteiger partial charge in [0.2, 0.25) is 0 Å². The molecule has 3 nitrogen and oxygen atoms in total. The van der Waals surface area contributed by atoms with Gasteiger partial charge >= 0.3 is 5.97 Å². The van der Waals surface area contributed by atoms with E-state index in [1.54, 1.807) is 0 Å². The number of hydrogen-bond acceptors (Lipinski definition) is 2. The molecule has 2 aliphatic carbocycles. The summed E-state index contributed by atoms with van der Waals surface area (Å²) in [4.78, 5) is 13.1. The van der Waals surface area contributed by atoms with Gasteiger partial charge in [0.25, 0.3) is 0 Å². The van der Waals surface area contributed by atoms with Gasteiger partial charge in [0, 0.05) is 6.04 Å². The van der Waals surface area contributed by atoms with Crippen molar-refractivity contribution >= 4 is 5.97 Å². The fraction of sp³-hybridized carbons (Fsp3) is 0.917. The molecule has 0 aromatic heterocycles. The second kappa shape index (κ2) is 3.78. The Morgan fingerprint density at radius 2 is 1.80 bits per heavy atom. The van der Waals surface area contributed by atoms with Gasteiger partial charge in [-0.15, -0.1) is 0 Å². The molecule has 2 rings (SSSR count). The van der Waals surface area contributed by atoms with Crippen LogP contribution < -0.4 is 0 Å². The number of carbonyl (C=O) groups is 1. The first-order valence-electron chi connectivity index (χ1n) is 5.92. The van der Waals surface area contributed by atoms with Crippen molar-refractivity contribution in [3.63, 3.8) is 0 Å². The minimum absolute atomic E-state index is 0.0611. The van der Waals surface area contributed by atoms with Gasteiger partial charge in [0.1, 0.15) is 0 Å². The maximum absolute atomic E-state index is 10.8. The van der Waals surface area contributed by atoms with Gasteiger partial charge in [0.05, 0.1) is 5.92 Å². The smallest absolute Gasteiger partial charge is 0.306 e. The van der Waals surface area contributed by atoms with Gasteiger partial charge < -0.3 is 10.0 Å². The summed E-state index contributed by atoms with van der Waals surface area (Å²) in [5, 5.41) is 8.93. The van der Waals surface area contributed by atoms with Crippen LogP contribution in [0.5, 0.6) is 0 Å². The number of nitrogens with zero attached hydrogens (tertiary/aromatic N) is 1. The van der Waals surface area contributed by atoms with E-state index in [2.05, 4.69) is 19.0 Å². The first-order chi connectivity index (χ1) is 7.02. The van der Waals surface area contributed by atoms with E-state index in [4.69, 9.17) is 5.11 Å². The Bertz CT molecular complexity index is 246. The lowest BCUT2D eigenvalue weighted by Gasteiger charge is -2.53. The number of hydrogen-bond donors (Lipinski definition) is 1. The number of carboxylic acids is 1. The SMILES string of the molecule is CN(C)C1CC2(CCC(C(=O)O)CC2)C1. The highest BCUT2D eigenvalue weighted by Crippen LogP contribution is 2.53. The van der Waals surface area contributed by atoms with Crippen LogP contribution in [0.4, 0.5) is 0 Å². The van der Waals surface area contributed by atoms with Crippen molar-refractivity contribution in [3.8, 4) is 0 Å². The zero-order valence-corrected chi connectivity index (χ0v) is 9.70. The summed E-state index contributed by atoms with van der Waals surface area (Å²) in [6.45, 7) is 0. The third kappa shape index (κ3) is 2.03. The van der Waals surface area contributed by atoms with Crippen LogP contribution in [0.15, 0.2) is 0 Å². The van der Waals surface area contributed by atoms with Gasteiger partial charge in [-0.2, -0.15) is 0 Å². The van der Waals surface area contributed by atoms with E-state index < -0.39 is 5.97 Å². The van der Waals surface area contributed by atoms with E-state index in [0.717, 1.165) is 31.7 Å². The lowest BCUT2D eigenvalue weighted by Crippen LogP contribution is -2.50. The zero-order valence-electron chi connectivity index (χ0n) is 9.70. The van der Waals surface area contributed by atoms with E-state index in [-0.39, 0.29) is 5.92 Å². The summed E-state index contributed by atoms with van der Waals surface area (Å²) in [5.74, 6) is -0.651. The normalized spacial score (nSPS) is 40.5. The Morgan fingerprint density at radius 1 is 1.27 bits per heavy atom. The zero-order chi connectivity index (χ0) is 11.1. The summed E-state index contributed by atoms with van der Waals surface area (Å²) in [7, 11) is 4.28. The van der Waals surface area contributed by atoms with Crippen LogP contribution in [0.1, 0.15) is 38.5 Å². The molecule has 0 aromatic carbocycles. The molecule has 0 aliphatic heterocycles. The average molecular weight is 211 g/mol. The third-order valence-corrected chi connectivity index (χ3v) is 4.46. The van der Waals surface area contributed by atoms with Gasteiger partial charge in [-0.05, 0) is 58.0 Å². The molecule has 0 atom stereocenters. The molecule has 2 aliphatic rings. The van der Waals surface area contributed by atoms with E-state index in [9.17, 15) is 4.79 Å². The van der Waals surface area contributed by atoms with Gasteiger partial charge in [-0.3, -0.25) is 4.79 Å². The lowest BCUT2D eigenvalue weighted by atomic mass is 9.56. The number of carboxylic acid groups (broad SMARTS) is 1. The van der Waals surface area contributed by atoms with Gasteiger partial charge in [-0.25, -0.2) is 0 Å². The van der Waals surface area contributed by atoms with E-state index >= 15 is 0 Å². The van der Waals surface area contributed by atoms with Crippen molar-refractivity contribution < 1.29 is 9.90 Å². The highest BCUT2D eigenvalue weighted by Gasteiger charge is 2.47. The molecule has 86 valence electrons. The van der Waals surface area contributed by atoms with Gasteiger partial charge in [0.15, 0.2) is 0 Å². The molecule has 0 saturated heterocycles. The first kappa shape index (κ1) is 10.9. The fourth-order valence-electron chi connectivity index (χ4n) is 3.19. The largest absolute Gasteiger partial charge is 0.481 e. The molecule has 3 heteroatoms. The molecule has 0 heterocycles. The minimum Gasteiger partial charge on any atom is -0.481 e. The molecule has 2 fully saturated rings. The van der Waals surface area contributed by atoms with Crippen LogP contribution in [0, 0.1) is 11.3 Å². The van der Waals surface area contributed by atoms with Crippen LogP contribution in [-0.4, -0.2) is 36.1 Å². The van der Waals surface area contributed by atoms with E-state index in [0.29, 0.717) is 5.41 Å². The van der Waals surface area contributed by atoms with Crippen LogP contribution in [0.25, 0.3) is 0 Å². The van der Waals surface area contributed by atoms with E-state index in [1.807, 2.05) is 0 Å². The van der Waals surface area contributed by atoms with Crippen molar-refractivity contribution in [1.29, 1.82) is 0 Å². The van der Waals surface area contributed by atoms with Crippen molar-refractivity contribution in [2.75, 3.05) is 14.1 Å². The minimum atomic E-state index is -0.590. The molecular formula is C12H21NO2. The van der Waals surface area contributed by atoms with Crippen LogP contribution in [-0.2, 0) is 4.79 Å². The Balaban J connectivity index is 1.83. The number of aliphatic carboxylic acids is 1. The molecule has 2 saturated carbocycles. The molecule has 0 amide bonds. The quantitative estimate of drug-likeness (QED) is 0.759. The molecule has 0 bridgehead atoms. The number of rotatable bonds is 2. The summed E-state index contributed by atoms with van der Waals surface area (Å²) in [6, 6.07) is 0.742. The summed E-state index contributed by atoms with van der Waals surface area (Å²) >= 11 is 0. The van der Waals surface area contributed by atoms with Crippen LogP contribution in [0.3, 0.4) is 0 Å². The highest BCUT2D eigenvalue weighted by molar-refractivity contribution is 5.70. The molecule has 15 heavy (non-hydrogen) atoms. The van der Waals surface area contributed by atoms with Crippen molar-refractivity contribution in [3.05, 3.63) is 0 Å². The maximum atomic E-state index is 10.8. The monoisotopic (exact) mass is 211 g/mol. The molecule has 0 unspecified atom stereocenters.